The lowest BCUT2D eigenvalue weighted by atomic mass is 10.1. The first-order valence-corrected chi connectivity index (χ1v) is 6.50. The number of hydrogen-bond donors (Lipinski definition) is 1. The van der Waals surface area contributed by atoms with Crippen molar-refractivity contribution in [1.29, 1.82) is 0 Å². The fourth-order valence-electron chi connectivity index (χ4n) is 2.48. The third-order valence-electron chi connectivity index (χ3n) is 3.69. The number of benzene rings is 1. The molecule has 1 aromatic carbocycles. The Morgan fingerprint density at radius 2 is 2.17 bits per heavy atom. The minimum absolute atomic E-state index is 0.135. The highest BCUT2D eigenvalue weighted by molar-refractivity contribution is 5.24. The number of nitrogens with two attached hydrogens (primary N) is 1. The lowest BCUT2D eigenvalue weighted by Crippen LogP contribution is -2.49. The fraction of sp³-hybridized carbons (Fsp3) is 0.571. The van der Waals surface area contributed by atoms with Crippen LogP contribution in [0.4, 0.5) is 4.39 Å². The molecular formula is C14H22FN3. The Morgan fingerprint density at radius 3 is 2.78 bits per heavy atom. The van der Waals surface area contributed by atoms with Crippen LogP contribution in [-0.4, -0.2) is 42.5 Å². The summed E-state index contributed by atoms with van der Waals surface area (Å²) >= 11 is 0. The number of nitrogens with zero attached hydrogens (tertiary/aromatic N) is 2. The summed E-state index contributed by atoms with van der Waals surface area (Å²) in [5.74, 6) is -0.135. The van der Waals surface area contributed by atoms with Crippen LogP contribution in [0.25, 0.3) is 0 Å². The highest BCUT2D eigenvalue weighted by Gasteiger charge is 2.22. The summed E-state index contributed by atoms with van der Waals surface area (Å²) < 4.78 is 13.9. The molecular weight excluding hydrogens is 229 g/mol. The molecule has 1 aliphatic heterocycles. The third-order valence-corrected chi connectivity index (χ3v) is 3.69. The molecule has 1 aromatic rings. The Morgan fingerprint density at radius 1 is 1.39 bits per heavy atom. The quantitative estimate of drug-likeness (QED) is 0.882. The molecule has 0 amide bonds. The fourth-order valence-corrected chi connectivity index (χ4v) is 2.48. The van der Waals surface area contributed by atoms with Gasteiger partial charge in [-0.2, -0.15) is 0 Å². The normalized spacial score (nSPS) is 22.3. The molecule has 3 nitrogen and oxygen atoms in total. The number of halogens is 1. The average Bonchev–Trinajstić information content (AvgIpc) is 2.34. The van der Waals surface area contributed by atoms with Crippen molar-refractivity contribution in [2.75, 3.05) is 26.7 Å². The van der Waals surface area contributed by atoms with Crippen LogP contribution >= 0.6 is 0 Å². The van der Waals surface area contributed by atoms with E-state index < -0.39 is 0 Å². The largest absolute Gasteiger partial charge is 0.326 e. The van der Waals surface area contributed by atoms with E-state index in [1.807, 2.05) is 12.1 Å². The predicted octanol–water partition coefficient (Wildman–Crippen LogP) is 1.42. The van der Waals surface area contributed by atoms with Gasteiger partial charge in [0.2, 0.25) is 0 Å². The molecule has 1 atom stereocenters. The molecule has 0 aromatic heterocycles. The number of rotatable bonds is 3. The van der Waals surface area contributed by atoms with Crippen molar-refractivity contribution in [3.8, 4) is 0 Å². The Bertz CT molecular complexity index is 408. The van der Waals surface area contributed by atoms with Gasteiger partial charge in [0, 0.05) is 44.3 Å². The van der Waals surface area contributed by atoms with Crippen molar-refractivity contribution < 1.29 is 4.39 Å². The lowest BCUT2D eigenvalue weighted by molar-refractivity contribution is 0.0928. The number of hydrogen-bond acceptors (Lipinski definition) is 3. The van der Waals surface area contributed by atoms with Crippen LogP contribution < -0.4 is 5.73 Å². The van der Waals surface area contributed by atoms with Gasteiger partial charge in [0.05, 0.1) is 0 Å². The standard InChI is InChI=1S/C14H22FN3/c1-11-9-17(2)5-6-18(11)10-13-4-3-12(8-16)7-14(13)15/h3-4,7,11H,5-6,8-10,16H2,1-2H3. The first-order valence-electron chi connectivity index (χ1n) is 6.50. The first kappa shape index (κ1) is 13.5. The second kappa shape index (κ2) is 5.78. The minimum atomic E-state index is -0.135. The topological polar surface area (TPSA) is 32.5 Å². The van der Waals surface area contributed by atoms with E-state index in [9.17, 15) is 4.39 Å². The maximum atomic E-state index is 13.9. The summed E-state index contributed by atoms with van der Waals surface area (Å²) in [6.45, 7) is 6.36. The molecule has 1 unspecified atom stereocenters. The van der Waals surface area contributed by atoms with Gasteiger partial charge in [0.25, 0.3) is 0 Å². The second-order valence-electron chi connectivity index (χ2n) is 5.21. The number of piperazine rings is 1. The van der Waals surface area contributed by atoms with Crippen LogP contribution in [0, 0.1) is 5.82 Å². The van der Waals surface area contributed by atoms with Crippen LogP contribution in [0.1, 0.15) is 18.1 Å². The third kappa shape index (κ3) is 3.07. The Hall–Kier alpha value is -0.970. The minimum Gasteiger partial charge on any atom is -0.326 e. The summed E-state index contributed by atoms with van der Waals surface area (Å²) in [5, 5.41) is 0. The maximum Gasteiger partial charge on any atom is 0.128 e. The zero-order valence-corrected chi connectivity index (χ0v) is 11.2. The van der Waals surface area contributed by atoms with Crippen molar-refractivity contribution in [2.24, 2.45) is 5.73 Å². The van der Waals surface area contributed by atoms with Gasteiger partial charge >= 0.3 is 0 Å². The van der Waals surface area contributed by atoms with Crippen molar-refractivity contribution >= 4 is 0 Å². The van der Waals surface area contributed by atoms with Crippen LogP contribution in [0.3, 0.4) is 0 Å². The van der Waals surface area contributed by atoms with Crippen LogP contribution in [0.5, 0.6) is 0 Å². The monoisotopic (exact) mass is 251 g/mol. The zero-order chi connectivity index (χ0) is 13.1. The van der Waals surface area contributed by atoms with Crippen LogP contribution in [0.2, 0.25) is 0 Å². The van der Waals surface area contributed by atoms with E-state index in [-0.39, 0.29) is 5.82 Å². The van der Waals surface area contributed by atoms with Gasteiger partial charge < -0.3 is 10.6 Å². The molecule has 0 bridgehead atoms. The van der Waals surface area contributed by atoms with Gasteiger partial charge in [0.1, 0.15) is 5.82 Å². The van der Waals surface area contributed by atoms with Gasteiger partial charge in [-0.05, 0) is 25.6 Å². The molecule has 18 heavy (non-hydrogen) atoms. The van der Waals surface area contributed by atoms with E-state index in [1.165, 1.54) is 0 Å². The van der Waals surface area contributed by atoms with E-state index >= 15 is 0 Å². The highest BCUT2D eigenvalue weighted by Crippen LogP contribution is 2.16. The Balaban J connectivity index is 2.05. The Labute approximate surface area is 108 Å². The Kier molecular flexibility index (Phi) is 4.32. The van der Waals surface area contributed by atoms with Gasteiger partial charge in [0.15, 0.2) is 0 Å². The van der Waals surface area contributed by atoms with Gasteiger partial charge in [-0.3, -0.25) is 4.90 Å². The molecule has 2 rings (SSSR count). The molecule has 1 saturated heterocycles. The van der Waals surface area contributed by atoms with E-state index in [2.05, 4.69) is 23.8 Å². The smallest absolute Gasteiger partial charge is 0.128 e. The molecule has 0 spiro atoms. The van der Waals surface area contributed by atoms with Gasteiger partial charge in [-0.1, -0.05) is 12.1 Å². The van der Waals surface area contributed by atoms with Crippen LogP contribution in [0.15, 0.2) is 18.2 Å². The van der Waals surface area contributed by atoms with E-state index in [0.29, 0.717) is 19.1 Å². The molecule has 0 saturated carbocycles. The summed E-state index contributed by atoms with van der Waals surface area (Å²) in [4.78, 5) is 4.65. The molecule has 1 heterocycles. The summed E-state index contributed by atoms with van der Waals surface area (Å²) in [6.07, 6.45) is 0. The van der Waals surface area contributed by atoms with Crippen LogP contribution in [-0.2, 0) is 13.1 Å². The molecule has 1 fully saturated rings. The number of likely N-dealkylation sites (N-methyl/N-ethyl adjacent to an activating group) is 1. The SMILES string of the molecule is CC1CN(C)CCN1Cc1ccc(CN)cc1F. The maximum absolute atomic E-state index is 13.9. The lowest BCUT2D eigenvalue weighted by Gasteiger charge is -2.38. The first-order chi connectivity index (χ1) is 8.60. The summed E-state index contributed by atoms with van der Waals surface area (Å²) in [6, 6.07) is 5.80. The highest BCUT2D eigenvalue weighted by atomic mass is 19.1. The van der Waals surface area contributed by atoms with Crippen molar-refractivity contribution in [2.45, 2.75) is 26.1 Å². The zero-order valence-electron chi connectivity index (χ0n) is 11.2. The summed E-state index contributed by atoms with van der Waals surface area (Å²) in [7, 11) is 2.13. The second-order valence-corrected chi connectivity index (χ2v) is 5.21. The van der Waals surface area contributed by atoms with Crippen molar-refractivity contribution in [3.05, 3.63) is 35.1 Å². The van der Waals surface area contributed by atoms with Gasteiger partial charge in [-0.25, -0.2) is 4.39 Å². The van der Waals surface area contributed by atoms with E-state index in [1.54, 1.807) is 6.07 Å². The molecule has 0 aliphatic carbocycles. The predicted molar refractivity (Wildman–Crippen MR) is 71.7 cm³/mol. The summed E-state index contributed by atoms with van der Waals surface area (Å²) in [5.41, 5.74) is 7.12. The molecule has 2 N–H and O–H groups in total. The van der Waals surface area contributed by atoms with Gasteiger partial charge in [-0.15, -0.1) is 0 Å². The average molecular weight is 251 g/mol. The van der Waals surface area contributed by atoms with E-state index in [4.69, 9.17) is 5.73 Å². The molecule has 100 valence electrons. The molecule has 1 aliphatic rings. The van der Waals surface area contributed by atoms with E-state index in [0.717, 1.165) is 30.8 Å². The molecule has 0 radical (unpaired) electrons. The van der Waals surface area contributed by atoms with Crippen molar-refractivity contribution in [1.82, 2.24) is 9.80 Å². The van der Waals surface area contributed by atoms with Crippen molar-refractivity contribution in [3.63, 3.8) is 0 Å². The molecule has 4 heteroatoms.